The lowest BCUT2D eigenvalue weighted by Gasteiger charge is -2.33. The van der Waals surface area contributed by atoms with Gasteiger partial charge in [-0.25, -0.2) is 8.42 Å². The van der Waals surface area contributed by atoms with Gasteiger partial charge in [-0.3, -0.25) is 9.69 Å². The van der Waals surface area contributed by atoms with Crippen molar-refractivity contribution in [3.63, 3.8) is 0 Å². The molecule has 0 aromatic heterocycles. The first kappa shape index (κ1) is 18.7. The van der Waals surface area contributed by atoms with Gasteiger partial charge in [0.05, 0.1) is 22.6 Å². The van der Waals surface area contributed by atoms with Crippen LogP contribution < -0.4 is 9.47 Å². The van der Waals surface area contributed by atoms with E-state index in [0.717, 1.165) is 11.1 Å². The molecule has 0 N–H and O–H groups in total. The predicted molar refractivity (Wildman–Crippen MR) is 109 cm³/mol. The number of sulfone groups is 1. The normalized spacial score (nSPS) is 24.1. The van der Waals surface area contributed by atoms with Gasteiger partial charge in [-0.15, -0.1) is 0 Å². The number of ether oxygens (including phenoxy) is 2. The molecule has 0 saturated carbocycles. The fourth-order valence-corrected chi connectivity index (χ4v) is 5.98. The van der Waals surface area contributed by atoms with Crippen LogP contribution in [0.3, 0.4) is 0 Å². The number of hydrogen-bond donors (Lipinski definition) is 0. The SMILES string of the molecule is O=C1/C(=C/c2cccc(Cl)c2)Oc2c1ccc1c2CN([C@H]2CCS(=O)(=O)C2)CO1. The number of hydrogen-bond acceptors (Lipinski definition) is 6. The maximum Gasteiger partial charge on any atom is 0.231 e. The summed E-state index contributed by atoms with van der Waals surface area (Å²) in [6, 6.07) is 10.6. The van der Waals surface area contributed by atoms with E-state index in [4.69, 9.17) is 21.1 Å². The monoisotopic (exact) mass is 431 g/mol. The van der Waals surface area contributed by atoms with Gasteiger partial charge >= 0.3 is 0 Å². The number of allylic oxidation sites excluding steroid dienone is 1. The standard InChI is InChI=1S/C21H18ClNO5S/c22-14-3-1-2-13(8-14)9-19-20(24)16-4-5-18-17(21(16)28-19)10-23(12-27-18)15-6-7-29(25,26)11-15/h1-5,8-9,15H,6-7,10-12H2/b19-9-/t15-/m0/s1. The summed E-state index contributed by atoms with van der Waals surface area (Å²) in [4.78, 5) is 14.8. The zero-order chi connectivity index (χ0) is 20.2. The number of carbonyl (C=O) groups excluding carboxylic acids is 1. The van der Waals surface area contributed by atoms with Crippen LogP contribution in [0.4, 0.5) is 0 Å². The Balaban J connectivity index is 1.46. The molecule has 1 saturated heterocycles. The second-order valence-electron chi connectivity index (χ2n) is 7.49. The first-order valence-corrected chi connectivity index (χ1v) is 11.5. The second-order valence-corrected chi connectivity index (χ2v) is 10.2. The molecule has 6 nitrogen and oxygen atoms in total. The van der Waals surface area contributed by atoms with Gasteiger partial charge in [0.2, 0.25) is 5.78 Å². The molecule has 2 aromatic carbocycles. The van der Waals surface area contributed by atoms with Crippen LogP contribution in [0.5, 0.6) is 11.5 Å². The second kappa shape index (κ2) is 6.86. The number of nitrogens with zero attached hydrogens (tertiary/aromatic N) is 1. The average molecular weight is 432 g/mol. The highest BCUT2D eigenvalue weighted by Crippen LogP contribution is 2.42. The van der Waals surface area contributed by atoms with E-state index in [1.807, 2.05) is 17.0 Å². The molecule has 3 heterocycles. The number of rotatable bonds is 2. The molecule has 2 aromatic rings. The summed E-state index contributed by atoms with van der Waals surface area (Å²) in [5, 5.41) is 0.579. The van der Waals surface area contributed by atoms with Crippen LogP contribution in [-0.4, -0.2) is 43.4 Å². The van der Waals surface area contributed by atoms with E-state index in [1.54, 1.807) is 30.3 Å². The Bertz CT molecular complexity index is 1160. The number of ketones is 1. The van der Waals surface area contributed by atoms with E-state index >= 15 is 0 Å². The van der Waals surface area contributed by atoms with Crippen LogP contribution in [-0.2, 0) is 16.4 Å². The van der Waals surface area contributed by atoms with E-state index in [1.165, 1.54) is 0 Å². The fraction of sp³-hybridized carbons (Fsp3) is 0.286. The van der Waals surface area contributed by atoms with Gasteiger partial charge in [0.15, 0.2) is 15.6 Å². The van der Waals surface area contributed by atoms with Crippen molar-refractivity contribution in [2.75, 3.05) is 18.2 Å². The zero-order valence-corrected chi connectivity index (χ0v) is 17.0. The fourth-order valence-electron chi connectivity index (χ4n) is 4.02. The number of Topliss-reactive ketones (excluding diaryl/α,β-unsaturated/α-hetero) is 1. The number of fused-ring (bicyclic) bond motifs is 3. The first-order chi connectivity index (χ1) is 13.9. The summed E-state index contributed by atoms with van der Waals surface area (Å²) >= 11 is 6.03. The zero-order valence-electron chi connectivity index (χ0n) is 15.4. The maximum atomic E-state index is 12.8. The van der Waals surface area contributed by atoms with Gasteiger partial charge in [0.1, 0.15) is 18.2 Å². The van der Waals surface area contributed by atoms with Gasteiger partial charge in [-0.05, 0) is 42.3 Å². The van der Waals surface area contributed by atoms with Crippen molar-refractivity contribution in [3.8, 4) is 11.5 Å². The topological polar surface area (TPSA) is 72.9 Å². The molecule has 0 bridgehead atoms. The lowest BCUT2D eigenvalue weighted by atomic mass is 10.0. The molecular formula is C21H18ClNO5S. The van der Waals surface area contributed by atoms with Crippen molar-refractivity contribution in [2.45, 2.75) is 19.0 Å². The van der Waals surface area contributed by atoms with Gasteiger partial charge in [-0.1, -0.05) is 23.7 Å². The summed E-state index contributed by atoms with van der Waals surface area (Å²) in [5.41, 5.74) is 2.04. The van der Waals surface area contributed by atoms with E-state index in [2.05, 4.69) is 0 Å². The maximum absolute atomic E-state index is 12.8. The third kappa shape index (κ3) is 3.43. The van der Waals surface area contributed by atoms with Crippen LogP contribution in [0, 0.1) is 0 Å². The number of halogens is 1. The highest BCUT2D eigenvalue weighted by Gasteiger charge is 2.38. The smallest absolute Gasteiger partial charge is 0.231 e. The Hall–Kier alpha value is -2.35. The van der Waals surface area contributed by atoms with Gasteiger partial charge in [0.25, 0.3) is 0 Å². The lowest BCUT2D eigenvalue weighted by molar-refractivity contribution is 0.0634. The highest BCUT2D eigenvalue weighted by atomic mass is 35.5. The van der Waals surface area contributed by atoms with Crippen molar-refractivity contribution in [3.05, 3.63) is 63.9 Å². The van der Waals surface area contributed by atoms with E-state index in [9.17, 15) is 13.2 Å². The van der Waals surface area contributed by atoms with Crippen LogP contribution in [0.25, 0.3) is 6.08 Å². The van der Waals surface area contributed by atoms with E-state index in [0.29, 0.717) is 41.8 Å². The minimum atomic E-state index is -2.99. The lowest BCUT2D eigenvalue weighted by Crippen LogP contribution is -2.41. The summed E-state index contributed by atoms with van der Waals surface area (Å²) in [5.74, 6) is 1.54. The quantitative estimate of drug-likeness (QED) is 0.679. The Morgan fingerprint density at radius 3 is 2.83 bits per heavy atom. The van der Waals surface area contributed by atoms with Crippen molar-refractivity contribution < 1.29 is 22.7 Å². The van der Waals surface area contributed by atoms with E-state index in [-0.39, 0.29) is 29.1 Å². The third-order valence-electron chi connectivity index (χ3n) is 5.52. The van der Waals surface area contributed by atoms with Crippen molar-refractivity contribution in [2.24, 2.45) is 0 Å². The number of benzene rings is 2. The molecule has 150 valence electrons. The summed E-state index contributed by atoms with van der Waals surface area (Å²) in [6.45, 7) is 0.807. The third-order valence-corrected chi connectivity index (χ3v) is 7.50. The van der Waals surface area contributed by atoms with Gasteiger partial charge in [-0.2, -0.15) is 0 Å². The first-order valence-electron chi connectivity index (χ1n) is 9.32. The van der Waals surface area contributed by atoms with Gasteiger partial charge < -0.3 is 9.47 Å². The average Bonchev–Trinajstić information content (AvgIpc) is 3.21. The van der Waals surface area contributed by atoms with Crippen LogP contribution >= 0.6 is 11.6 Å². The molecule has 0 unspecified atom stereocenters. The summed E-state index contributed by atoms with van der Waals surface area (Å²) in [6.07, 6.45) is 2.27. The molecule has 3 aliphatic rings. The molecule has 3 aliphatic heterocycles. The highest BCUT2D eigenvalue weighted by molar-refractivity contribution is 7.91. The van der Waals surface area contributed by atoms with Gasteiger partial charge in [0, 0.05) is 17.6 Å². The Morgan fingerprint density at radius 1 is 1.21 bits per heavy atom. The molecule has 0 spiro atoms. The summed E-state index contributed by atoms with van der Waals surface area (Å²) < 4.78 is 35.5. The largest absolute Gasteiger partial charge is 0.478 e. The predicted octanol–water partition coefficient (Wildman–Crippen LogP) is 3.30. The molecule has 29 heavy (non-hydrogen) atoms. The Morgan fingerprint density at radius 2 is 2.07 bits per heavy atom. The molecule has 5 rings (SSSR count). The minimum Gasteiger partial charge on any atom is -0.478 e. The molecule has 0 amide bonds. The Kier molecular flexibility index (Phi) is 4.42. The molecule has 1 fully saturated rings. The number of carbonyl (C=O) groups is 1. The van der Waals surface area contributed by atoms with Crippen LogP contribution in [0.15, 0.2) is 42.2 Å². The van der Waals surface area contributed by atoms with Crippen molar-refractivity contribution in [1.82, 2.24) is 4.90 Å². The molecule has 0 aliphatic carbocycles. The van der Waals surface area contributed by atoms with Crippen molar-refractivity contribution >= 4 is 33.3 Å². The van der Waals surface area contributed by atoms with E-state index < -0.39 is 9.84 Å². The summed E-state index contributed by atoms with van der Waals surface area (Å²) in [7, 11) is -2.99. The molecule has 0 radical (unpaired) electrons. The van der Waals surface area contributed by atoms with Crippen molar-refractivity contribution in [1.29, 1.82) is 0 Å². The minimum absolute atomic E-state index is 0.0809. The molecular weight excluding hydrogens is 414 g/mol. The van der Waals surface area contributed by atoms with Crippen LogP contribution in [0.2, 0.25) is 5.02 Å². The van der Waals surface area contributed by atoms with Crippen LogP contribution in [0.1, 0.15) is 27.9 Å². The molecule has 8 heteroatoms. The Labute approximate surface area is 173 Å². The molecule has 1 atom stereocenters.